The number of hydrogen-bond donors (Lipinski definition) is 2. The zero-order chi connectivity index (χ0) is 30.4. The van der Waals surface area contributed by atoms with Gasteiger partial charge < -0.3 is 10.6 Å². The van der Waals surface area contributed by atoms with Gasteiger partial charge in [0, 0.05) is 12.8 Å². The van der Waals surface area contributed by atoms with Crippen LogP contribution < -0.4 is 10.6 Å². The largest absolute Gasteiger partial charge is 0.394 e. The number of halogens is 6. The van der Waals surface area contributed by atoms with Gasteiger partial charge in [-0.05, 0) is 61.2 Å². The Kier molecular flexibility index (Phi) is 7.91. The molecule has 0 unspecified atom stereocenters. The van der Waals surface area contributed by atoms with E-state index in [1.165, 1.54) is 23.8 Å². The van der Waals surface area contributed by atoms with Gasteiger partial charge in [-0.1, -0.05) is 12.1 Å². The molecule has 0 radical (unpaired) electrons. The number of rotatable bonds is 9. The summed E-state index contributed by atoms with van der Waals surface area (Å²) in [5.74, 6) is -7.75. The van der Waals surface area contributed by atoms with Gasteiger partial charge in [0.25, 0.3) is 11.8 Å². The number of carbonyl (C=O) groups is 2. The van der Waals surface area contributed by atoms with E-state index >= 15 is 0 Å². The van der Waals surface area contributed by atoms with Crippen molar-refractivity contribution in [1.82, 2.24) is 35.5 Å². The van der Waals surface area contributed by atoms with Gasteiger partial charge in [0.05, 0.1) is 36.1 Å². The zero-order valence-electron chi connectivity index (χ0n) is 22.7. The Balaban J connectivity index is 1.41. The molecule has 3 aromatic rings. The highest BCUT2D eigenvalue weighted by molar-refractivity contribution is 5.93. The van der Waals surface area contributed by atoms with Crippen LogP contribution in [-0.4, -0.2) is 55.0 Å². The van der Waals surface area contributed by atoms with Crippen LogP contribution in [0.25, 0.3) is 5.65 Å². The second-order valence-electron chi connectivity index (χ2n) is 11.2. The highest BCUT2D eigenvalue weighted by atomic mass is 19.4. The Hall–Kier alpha value is -3.72. The zero-order valence-corrected chi connectivity index (χ0v) is 22.7. The van der Waals surface area contributed by atoms with Crippen molar-refractivity contribution >= 4 is 17.5 Å². The summed E-state index contributed by atoms with van der Waals surface area (Å²) in [5, 5.41) is 16.7. The average Bonchev–Trinajstić information content (AvgIpc) is 3.54. The van der Waals surface area contributed by atoms with Gasteiger partial charge in [-0.15, -0.1) is 0 Å². The third-order valence-electron chi connectivity index (χ3n) is 8.02. The summed E-state index contributed by atoms with van der Waals surface area (Å²) < 4.78 is 87.1. The van der Waals surface area contributed by atoms with Crippen molar-refractivity contribution in [3.63, 3.8) is 0 Å². The molecule has 0 aromatic carbocycles. The minimum absolute atomic E-state index is 0.0562. The molecule has 0 aliphatic heterocycles. The number of imidazole rings is 1. The van der Waals surface area contributed by atoms with Crippen LogP contribution in [0.15, 0.2) is 23.1 Å². The second-order valence-corrected chi connectivity index (χ2v) is 11.2. The topological polar surface area (TPSA) is 127 Å². The summed E-state index contributed by atoms with van der Waals surface area (Å²) in [6.45, 7) is 2.14. The second kappa shape index (κ2) is 11.2. The molecule has 2 fully saturated rings. The summed E-state index contributed by atoms with van der Waals surface area (Å²) >= 11 is 0. The summed E-state index contributed by atoms with van der Waals surface area (Å²) in [7, 11) is 0. The minimum Gasteiger partial charge on any atom is -0.346 e. The molecular formula is C26H29F6N7O3. The monoisotopic (exact) mass is 601 g/mol. The molecule has 5 rings (SSSR count). The molecule has 42 heavy (non-hydrogen) atoms. The molecule has 10 nitrogen and oxygen atoms in total. The van der Waals surface area contributed by atoms with Gasteiger partial charge in [0.15, 0.2) is 17.5 Å². The number of carbonyl (C=O) groups excluding carboxylic acids is 2. The van der Waals surface area contributed by atoms with Gasteiger partial charge in [-0.2, -0.15) is 18.3 Å². The Morgan fingerprint density at radius 2 is 1.74 bits per heavy atom. The maximum atomic E-state index is 14.4. The van der Waals surface area contributed by atoms with E-state index in [1.54, 1.807) is 6.07 Å². The summed E-state index contributed by atoms with van der Waals surface area (Å²) in [6.07, 6.45) is -3.81. The van der Waals surface area contributed by atoms with Crippen LogP contribution in [0.1, 0.15) is 85.0 Å². The number of alkyl halides is 6. The van der Waals surface area contributed by atoms with Gasteiger partial charge in [-0.3, -0.25) is 9.59 Å². The standard InChI is InChI=1S/C26H29F6N7O3/c1-12(26(30,31)32)19(27)23(40)35-21(14-3-4-14)16-9-18-34-17(11-39(18)33-10-16)22(15-5-7-25(28,29)8-6-15)36-24(41)20-13(2)37-42-38-20/h9-12,14-15,19,21-22H,3-8H2,1-2H3,(H,35,40)(H,36,41)/t12-,19+,21-,22+/m1/s1. The quantitative estimate of drug-likeness (QED) is 0.337. The van der Waals surface area contributed by atoms with Crippen LogP contribution >= 0.6 is 0 Å². The maximum absolute atomic E-state index is 14.4. The van der Waals surface area contributed by atoms with Crippen LogP contribution in [0.4, 0.5) is 26.3 Å². The van der Waals surface area contributed by atoms with Crippen molar-refractivity contribution in [3.05, 3.63) is 41.1 Å². The molecule has 2 aliphatic carbocycles. The fourth-order valence-electron chi connectivity index (χ4n) is 5.23. The SMILES string of the molecule is Cc1nonc1C(=O)N[C@H](c1cn2ncc([C@H](NC(=O)[C@@H](F)[C@@H](C)C(F)(F)F)C3CC3)cc2n1)C1CCC(F)(F)CC1. The van der Waals surface area contributed by atoms with Gasteiger partial charge in [0.2, 0.25) is 5.92 Å². The summed E-state index contributed by atoms with van der Waals surface area (Å²) in [5.41, 5.74) is 1.23. The normalized spacial score (nSPS) is 20.6. The molecule has 3 aromatic heterocycles. The van der Waals surface area contributed by atoms with Gasteiger partial charge >= 0.3 is 6.18 Å². The number of nitrogens with zero attached hydrogens (tertiary/aromatic N) is 5. The molecule has 2 aliphatic rings. The smallest absolute Gasteiger partial charge is 0.346 e. The molecule has 4 atom stereocenters. The molecule has 16 heteroatoms. The Bertz CT molecular complexity index is 1440. The summed E-state index contributed by atoms with van der Waals surface area (Å²) in [4.78, 5) is 30.0. The molecule has 228 valence electrons. The predicted molar refractivity (Wildman–Crippen MR) is 133 cm³/mol. The van der Waals surface area contributed by atoms with Gasteiger partial charge in [-0.25, -0.2) is 27.3 Å². The first-order valence-corrected chi connectivity index (χ1v) is 13.6. The Labute approximate surface area is 235 Å². The van der Waals surface area contributed by atoms with Crippen LogP contribution in [0.5, 0.6) is 0 Å². The maximum Gasteiger partial charge on any atom is 0.394 e. The highest BCUT2D eigenvalue weighted by Crippen LogP contribution is 2.43. The lowest BCUT2D eigenvalue weighted by Crippen LogP contribution is -2.43. The van der Waals surface area contributed by atoms with E-state index in [1.807, 2.05) is 0 Å². The van der Waals surface area contributed by atoms with E-state index in [9.17, 15) is 35.9 Å². The number of aryl methyl sites for hydroxylation is 1. The van der Waals surface area contributed by atoms with Crippen molar-refractivity contribution in [1.29, 1.82) is 0 Å². The lowest BCUT2D eigenvalue weighted by Gasteiger charge is -2.33. The van der Waals surface area contributed by atoms with E-state index in [4.69, 9.17) is 0 Å². The first-order chi connectivity index (χ1) is 19.7. The Morgan fingerprint density at radius 1 is 1.07 bits per heavy atom. The van der Waals surface area contributed by atoms with E-state index in [0.717, 1.165) is 0 Å². The van der Waals surface area contributed by atoms with Crippen LogP contribution in [0.2, 0.25) is 0 Å². The van der Waals surface area contributed by atoms with Crippen LogP contribution in [0.3, 0.4) is 0 Å². The summed E-state index contributed by atoms with van der Waals surface area (Å²) in [6, 6.07) is -0.00253. The van der Waals surface area contributed by atoms with Crippen molar-refractivity contribution in [3.8, 4) is 0 Å². The predicted octanol–water partition coefficient (Wildman–Crippen LogP) is 4.82. The molecule has 0 spiro atoms. The lowest BCUT2D eigenvalue weighted by molar-refractivity contribution is -0.188. The van der Waals surface area contributed by atoms with E-state index in [0.29, 0.717) is 31.0 Å². The van der Waals surface area contributed by atoms with Crippen molar-refractivity contribution in [2.24, 2.45) is 17.8 Å². The molecule has 2 N–H and O–H groups in total. The highest BCUT2D eigenvalue weighted by Gasteiger charge is 2.46. The number of hydrogen-bond acceptors (Lipinski definition) is 7. The fraction of sp³-hybridized carbons (Fsp3) is 0.615. The first-order valence-electron chi connectivity index (χ1n) is 13.6. The van der Waals surface area contributed by atoms with Crippen LogP contribution in [-0.2, 0) is 4.79 Å². The number of aromatic nitrogens is 5. The molecule has 2 saturated carbocycles. The molecular weight excluding hydrogens is 572 g/mol. The number of fused-ring (bicyclic) bond motifs is 1. The third kappa shape index (κ3) is 6.36. The van der Waals surface area contributed by atoms with E-state index in [-0.39, 0.29) is 54.6 Å². The number of amides is 2. The average molecular weight is 602 g/mol. The van der Waals surface area contributed by atoms with Crippen molar-refractivity contribution in [2.75, 3.05) is 0 Å². The molecule has 2 amide bonds. The molecule has 0 bridgehead atoms. The third-order valence-corrected chi connectivity index (χ3v) is 8.02. The van der Waals surface area contributed by atoms with E-state index < -0.39 is 48.1 Å². The van der Waals surface area contributed by atoms with Crippen molar-refractivity contribution in [2.45, 2.75) is 82.7 Å². The van der Waals surface area contributed by atoms with Crippen molar-refractivity contribution < 1.29 is 40.6 Å². The first kappa shape index (κ1) is 29.8. The Morgan fingerprint density at radius 3 is 2.33 bits per heavy atom. The molecule has 3 heterocycles. The van der Waals surface area contributed by atoms with Gasteiger partial charge in [0.1, 0.15) is 5.69 Å². The van der Waals surface area contributed by atoms with E-state index in [2.05, 4.69) is 35.7 Å². The minimum atomic E-state index is -4.87. The fourth-order valence-corrected chi connectivity index (χ4v) is 5.23. The van der Waals surface area contributed by atoms with Crippen LogP contribution in [0, 0.1) is 24.7 Å². The lowest BCUT2D eigenvalue weighted by atomic mass is 9.81. The number of nitrogens with one attached hydrogen (secondary N) is 2. The molecule has 0 saturated heterocycles.